The summed E-state index contributed by atoms with van der Waals surface area (Å²) in [5.41, 5.74) is 6.63. The van der Waals surface area contributed by atoms with E-state index >= 15 is 0 Å². The van der Waals surface area contributed by atoms with Crippen LogP contribution >= 0.6 is 11.8 Å². The van der Waals surface area contributed by atoms with Gasteiger partial charge in [-0.2, -0.15) is 4.99 Å². The monoisotopic (exact) mass is 646 g/mol. The van der Waals surface area contributed by atoms with E-state index in [1.807, 2.05) is 36.4 Å². The average Bonchev–Trinajstić information content (AvgIpc) is 3.71. The number of anilines is 1. The summed E-state index contributed by atoms with van der Waals surface area (Å²) in [5.74, 6) is 1.08. The number of halogens is 3. The molecule has 0 radical (unpaired) electrons. The minimum atomic E-state index is -4.75. The molecule has 2 aliphatic rings. The van der Waals surface area contributed by atoms with Crippen LogP contribution < -0.4 is 15.0 Å². The zero-order valence-corrected chi connectivity index (χ0v) is 26.2. The number of carbonyl (C=O) groups excluding carboxylic acids is 1. The van der Waals surface area contributed by atoms with Crippen molar-refractivity contribution in [2.75, 3.05) is 10.7 Å². The Morgan fingerprint density at radius 1 is 1.04 bits per heavy atom. The molecule has 238 valence electrons. The van der Waals surface area contributed by atoms with Crippen molar-refractivity contribution in [3.8, 4) is 22.8 Å². The summed E-state index contributed by atoms with van der Waals surface area (Å²) in [7, 11) is 0. The van der Waals surface area contributed by atoms with Gasteiger partial charge < -0.3 is 15.0 Å². The number of amides is 2. The maximum Gasteiger partial charge on any atom is 0.573 e. The van der Waals surface area contributed by atoms with Gasteiger partial charge in [0.05, 0.1) is 5.69 Å². The summed E-state index contributed by atoms with van der Waals surface area (Å²) in [6.07, 6.45) is 1.20. The summed E-state index contributed by atoms with van der Waals surface area (Å²) in [6.45, 7) is 4.31. The number of amidine groups is 1. The number of nitrogens with one attached hydrogen (secondary N) is 1. The van der Waals surface area contributed by atoms with Gasteiger partial charge in [-0.25, -0.2) is 14.5 Å². The number of carbonyl (C=O) groups is 1. The Hall–Kier alpha value is -4.58. The Bertz CT molecular complexity index is 1770. The SMILES string of the molecule is CCc1ccccc1N1C(=NC(=O)NC2=C(c3ccc(-c4ncn(-c5ccc(OC(F)(F)F)cc5)n4)cc3)CCC2)SCCC1C. The number of urea groups is 1. The number of benzene rings is 3. The Morgan fingerprint density at radius 3 is 2.52 bits per heavy atom. The average molecular weight is 647 g/mol. The van der Waals surface area contributed by atoms with Crippen LogP contribution in [0.4, 0.5) is 23.7 Å². The number of rotatable bonds is 7. The Labute approximate surface area is 269 Å². The van der Waals surface area contributed by atoms with Crippen molar-refractivity contribution in [2.45, 2.75) is 58.4 Å². The summed E-state index contributed by atoms with van der Waals surface area (Å²) in [6, 6.07) is 21.4. The quantitative estimate of drug-likeness (QED) is 0.217. The number of aromatic nitrogens is 3. The second-order valence-electron chi connectivity index (χ2n) is 11.1. The molecule has 1 aliphatic heterocycles. The standard InChI is InChI=1S/C34H33F3N6O2S/c1-3-23-7-4-5-10-30(23)43-22(2)19-20-46-33(43)40-32(44)39-29-9-6-8-28(29)24-11-13-25(14-12-24)31-38-21-42(41-31)26-15-17-27(18-16-26)45-34(35,36)37/h4-5,7,10-18,21-22H,3,6,8-9,19-20H2,1-2H3,(H,39,44). The van der Waals surface area contributed by atoms with Crippen molar-refractivity contribution in [1.29, 1.82) is 0 Å². The third-order valence-electron chi connectivity index (χ3n) is 8.04. The van der Waals surface area contributed by atoms with Crippen molar-refractivity contribution < 1.29 is 22.7 Å². The molecule has 0 bridgehead atoms. The minimum Gasteiger partial charge on any atom is -0.406 e. The topological polar surface area (TPSA) is 84.6 Å². The highest BCUT2D eigenvalue weighted by Gasteiger charge is 2.31. The molecule has 2 amide bonds. The van der Waals surface area contributed by atoms with Crippen LogP contribution in [0.2, 0.25) is 0 Å². The van der Waals surface area contributed by atoms with E-state index in [9.17, 15) is 18.0 Å². The van der Waals surface area contributed by atoms with Crippen molar-refractivity contribution in [1.82, 2.24) is 20.1 Å². The normalized spacial score (nSPS) is 17.9. The minimum absolute atomic E-state index is 0.236. The third-order valence-corrected chi connectivity index (χ3v) is 9.02. The lowest BCUT2D eigenvalue weighted by Gasteiger charge is -2.36. The number of alkyl halides is 3. The van der Waals surface area contributed by atoms with E-state index in [-0.39, 0.29) is 17.8 Å². The number of hydrogen-bond acceptors (Lipinski definition) is 5. The number of hydrogen-bond donors (Lipinski definition) is 1. The fraction of sp³-hybridized carbons (Fsp3) is 0.294. The molecule has 0 spiro atoms. The predicted molar refractivity (Wildman–Crippen MR) is 175 cm³/mol. The highest BCUT2D eigenvalue weighted by Crippen LogP contribution is 2.35. The molecule has 3 aromatic carbocycles. The van der Waals surface area contributed by atoms with Crippen LogP contribution in [0, 0.1) is 0 Å². The molecular formula is C34H33F3N6O2S. The Kier molecular flexibility index (Phi) is 9.16. The molecule has 6 rings (SSSR count). The number of nitrogens with zero attached hydrogens (tertiary/aromatic N) is 5. The first kappa shape index (κ1) is 31.4. The maximum atomic E-state index is 13.3. The Balaban J connectivity index is 1.16. The van der Waals surface area contributed by atoms with Crippen LogP contribution in [-0.4, -0.2) is 44.1 Å². The van der Waals surface area contributed by atoms with Gasteiger partial charge in [-0.15, -0.1) is 18.3 Å². The lowest BCUT2D eigenvalue weighted by atomic mass is 10.0. The molecule has 1 fully saturated rings. The molecule has 8 nitrogen and oxygen atoms in total. The van der Waals surface area contributed by atoms with Crippen molar-refractivity contribution in [3.05, 3.63) is 95.9 Å². The molecule has 1 saturated heterocycles. The first-order chi connectivity index (χ1) is 22.2. The summed E-state index contributed by atoms with van der Waals surface area (Å²) in [4.78, 5) is 24.4. The fourth-order valence-corrected chi connectivity index (χ4v) is 6.97. The van der Waals surface area contributed by atoms with E-state index < -0.39 is 6.36 Å². The zero-order chi connectivity index (χ0) is 32.3. The second-order valence-corrected chi connectivity index (χ2v) is 12.2. The molecule has 0 saturated carbocycles. The van der Waals surface area contributed by atoms with Crippen LogP contribution in [0.1, 0.15) is 50.7 Å². The van der Waals surface area contributed by atoms with E-state index in [1.165, 1.54) is 40.8 Å². The summed E-state index contributed by atoms with van der Waals surface area (Å²) in [5, 5.41) is 8.30. The van der Waals surface area contributed by atoms with Crippen LogP contribution in [0.25, 0.3) is 22.6 Å². The number of aryl methyl sites for hydroxylation is 1. The first-order valence-electron chi connectivity index (χ1n) is 15.2. The number of thioether (sulfide) groups is 1. The highest BCUT2D eigenvalue weighted by molar-refractivity contribution is 8.14. The van der Waals surface area contributed by atoms with Gasteiger partial charge in [0.2, 0.25) is 0 Å². The van der Waals surface area contributed by atoms with Crippen LogP contribution in [0.3, 0.4) is 0 Å². The lowest BCUT2D eigenvalue weighted by Crippen LogP contribution is -2.42. The molecule has 1 aromatic heterocycles. The van der Waals surface area contributed by atoms with Gasteiger partial charge in [-0.1, -0.05) is 61.2 Å². The van der Waals surface area contributed by atoms with Crippen LogP contribution in [0.15, 0.2) is 89.8 Å². The zero-order valence-electron chi connectivity index (χ0n) is 25.4. The summed E-state index contributed by atoms with van der Waals surface area (Å²) >= 11 is 1.61. The second kappa shape index (κ2) is 13.4. The highest BCUT2D eigenvalue weighted by atomic mass is 32.2. The number of para-hydroxylation sites is 1. The van der Waals surface area contributed by atoms with Crippen LogP contribution in [-0.2, 0) is 6.42 Å². The van der Waals surface area contributed by atoms with Crippen molar-refractivity contribution in [2.24, 2.45) is 4.99 Å². The molecule has 1 unspecified atom stereocenters. The van der Waals surface area contributed by atoms with E-state index in [0.29, 0.717) is 11.5 Å². The smallest absolute Gasteiger partial charge is 0.406 e. The molecule has 46 heavy (non-hydrogen) atoms. The van der Waals surface area contributed by atoms with Crippen molar-refractivity contribution in [3.63, 3.8) is 0 Å². The van der Waals surface area contributed by atoms with E-state index in [4.69, 9.17) is 0 Å². The predicted octanol–water partition coefficient (Wildman–Crippen LogP) is 8.39. The Morgan fingerprint density at radius 2 is 1.78 bits per heavy atom. The van der Waals surface area contributed by atoms with Crippen molar-refractivity contribution >= 4 is 34.2 Å². The molecule has 4 aromatic rings. The lowest BCUT2D eigenvalue weighted by molar-refractivity contribution is -0.274. The third kappa shape index (κ3) is 7.12. The fourth-order valence-electron chi connectivity index (χ4n) is 5.76. The number of aliphatic imine (C=N–C) groups is 1. The maximum absolute atomic E-state index is 13.3. The summed E-state index contributed by atoms with van der Waals surface area (Å²) < 4.78 is 42.8. The van der Waals surface area contributed by atoms with Gasteiger partial charge in [0.15, 0.2) is 11.0 Å². The van der Waals surface area contributed by atoms with E-state index in [2.05, 4.69) is 56.0 Å². The van der Waals surface area contributed by atoms with Gasteiger partial charge >= 0.3 is 12.4 Å². The first-order valence-corrected chi connectivity index (χ1v) is 16.2. The molecule has 12 heteroatoms. The van der Waals surface area contributed by atoms with E-state index in [0.717, 1.165) is 71.1 Å². The molecular weight excluding hydrogens is 613 g/mol. The molecule has 1 atom stereocenters. The molecule has 1 N–H and O–H groups in total. The van der Waals surface area contributed by atoms with Crippen LogP contribution in [0.5, 0.6) is 5.75 Å². The largest absolute Gasteiger partial charge is 0.573 e. The molecule has 1 aliphatic carbocycles. The van der Waals surface area contributed by atoms with Gasteiger partial charge in [0.25, 0.3) is 0 Å². The number of ether oxygens (including phenoxy) is 1. The molecule has 2 heterocycles. The van der Waals surface area contributed by atoms with Gasteiger partial charge in [0.1, 0.15) is 12.1 Å². The van der Waals surface area contributed by atoms with Gasteiger partial charge in [-0.3, -0.25) is 0 Å². The van der Waals surface area contributed by atoms with Gasteiger partial charge in [-0.05, 0) is 86.1 Å². The van der Waals surface area contributed by atoms with Gasteiger partial charge in [0, 0.05) is 28.7 Å². The number of allylic oxidation sites excluding steroid dienone is 2. The van der Waals surface area contributed by atoms with E-state index in [1.54, 1.807) is 11.8 Å².